The molecule has 6 rings (SSSR count). The molecule has 2 N–H and O–H groups in total. The van der Waals surface area contributed by atoms with Crippen LogP contribution in [0.4, 0.5) is 0 Å². The normalized spacial score (nSPS) is 17.5. The first kappa shape index (κ1) is 19.7. The van der Waals surface area contributed by atoms with Gasteiger partial charge in [-0.1, -0.05) is 6.08 Å². The molecule has 4 heterocycles. The van der Waals surface area contributed by atoms with Crippen LogP contribution < -0.4 is 0 Å². The van der Waals surface area contributed by atoms with Crippen molar-refractivity contribution in [2.45, 2.75) is 51.9 Å². The number of rotatable bonds is 2. The standard InChI is InChI=1S/C14H17NS.C12H11NS/c1-9-12-4-3-5-13(11-6-7-15-8-11)14(12)10(2)16-9;1-2-10(9-4-6-13-8-9)11-5-7-14-12(11)3-1/h6-8,13,15H,3-5H2,1-2H3;2,4-8,13H,1,3H2. The van der Waals surface area contributed by atoms with Crippen molar-refractivity contribution >= 4 is 28.2 Å². The SMILES string of the molecule is C1=C(c2cc[nH]c2)c2ccsc2CC1.Cc1sc(C)c2c1CCCC2c1cc[nH]c1. The van der Waals surface area contributed by atoms with Gasteiger partial charge in [0, 0.05) is 45.3 Å². The van der Waals surface area contributed by atoms with Gasteiger partial charge in [-0.05, 0) is 103 Å². The van der Waals surface area contributed by atoms with Gasteiger partial charge in [0.25, 0.3) is 0 Å². The molecular formula is C26H28N2S2. The van der Waals surface area contributed by atoms with Crippen LogP contribution in [0.15, 0.2) is 54.4 Å². The minimum absolute atomic E-state index is 0.639. The largest absolute Gasteiger partial charge is 0.367 e. The molecule has 0 aromatic carbocycles. The average Bonchev–Trinajstić information content (AvgIpc) is 3.56. The van der Waals surface area contributed by atoms with Crippen LogP contribution in [-0.4, -0.2) is 9.97 Å². The van der Waals surface area contributed by atoms with E-state index in [4.69, 9.17) is 0 Å². The van der Waals surface area contributed by atoms with Crippen LogP contribution in [0, 0.1) is 13.8 Å². The molecule has 4 aromatic rings. The van der Waals surface area contributed by atoms with Gasteiger partial charge in [0.15, 0.2) is 0 Å². The molecule has 0 saturated heterocycles. The third-order valence-electron chi connectivity index (χ3n) is 6.39. The Hall–Kier alpha value is -2.30. The Morgan fingerprint density at radius 1 is 0.967 bits per heavy atom. The fraction of sp³-hybridized carbons (Fsp3) is 0.308. The van der Waals surface area contributed by atoms with Crippen molar-refractivity contribution in [2.24, 2.45) is 0 Å². The molecule has 2 nitrogen and oxygen atoms in total. The van der Waals surface area contributed by atoms with E-state index in [0.717, 1.165) is 0 Å². The van der Waals surface area contributed by atoms with E-state index in [0.29, 0.717) is 5.92 Å². The summed E-state index contributed by atoms with van der Waals surface area (Å²) >= 11 is 3.85. The second kappa shape index (κ2) is 8.44. The van der Waals surface area contributed by atoms with Crippen molar-refractivity contribution in [1.29, 1.82) is 0 Å². The molecule has 0 aliphatic heterocycles. The summed E-state index contributed by atoms with van der Waals surface area (Å²) in [5.74, 6) is 0.639. The zero-order valence-electron chi connectivity index (χ0n) is 17.6. The molecule has 1 unspecified atom stereocenters. The van der Waals surface area contributed by atoms with E-state index in [1.54, 1.807) is 11.1 Å². The van der Waals surface area contributed by atoms with Crippen molar-refractivity contribution in [2.75, 3.05) is 0 Å². The maximum atomic E-state index is 3.19. The Balaban J connectivity index is 0.000000130. The molecule has 154 valence electrons. The number of aromatic nitrogens is 2. The topological polar surface area (TPSA) is 31.6 Å². The molecule has 0 radical (unpaired) electrons. The number of allylic oxidation sites excluding steroid dienone is 1. The lowest BCUT2D eigenvalue weighted by Gasteiger charge is -2.23. The van der Waals surface area contributed by atoms with Crippen molar-refractivity contribution in [3.8, 4) is 0 Å². The fourth-order valence-electron chi connectivity index (χ4n) is 5.03. The summed E-state index contributed by atoms with van der Waals surface area (Å²) in [5.41, 5.74) is 8.87. The van der Waals surface area contributed by atoms with Crippen molar-refractivity contribution in [1.82, 2.24) is 9.97 Å². The molecular weight excluding hydrogens is 404 g/mol. The first-order valence-electron chi connectivity index (χ1n) is 10.8. The van der Waals surface area contributed by atoms with Crippen LogP contribution in [0.2, 0.25) is 0 Å². The van der Waals surface area contributed by atoms with E-state index in [2.05, 4.69) is 65.9 Å². The number of aryl methyl sites for hydroxylation is 3. The Morgan fingerprint density at radius 2 is 1.83 bits per heavy atom. The van der Waals surface area contributed by atoms with Gasteiger partial charge in [0.2, 0.25) is 0 Å². The summed E-state index contributed by atoms with van der Waals surface area (Å²) in [6.07, 6.45) is 16.9. The predicted molar refractivity (Wildman–Crippen MR) is 130 cm³/mol. The van der Waals surface area contributed by atoms with Crippen molar-refractivity contribution in [3.05, 3.63) is 96.9 Å². The molecule has 0 bridgehead atoms. The van der Waals surface area contributed by atoms with Gasteiger partial charge >= 0.3 is 0 Å². The van der Waals surface area contributed by atoms with E-state index in [-0.39, 0.29) is 0 Å². The highest BCUT2D eigenvalue weighted by Gasteiger charge is 2.26. The van der Waals surface area contributed by atoms with Crippen molar-refractivity contribution in [3.63, 3.8) is 0 Å². The Morgan fingerprint density at radius 3 is 2.63 bits per heavy atom. The zero-order valence-corrected chi connectivity index (χ0v) is 19.3. The second-order valence-corrected chi connectivity index (χ2v) is 10.6. The van der Waals surface area contributed by atoms with Gasteiger partial charge in [0.05, 0.1) is 0 Å². The number of thiophene rings is 2. The molecule has 4 aromatic heterocycles. The van der Waals surface area contributed by atoms with Gasteiger partial charge < -0.3 is 9.97 Å². The lowest BCUT2D eigenvalue weighted by Crippen LogP contribution is -2.10. The van der Waals surface area contributed by atoms with E-state index in [1.807, 2.05) is 35.1 Å². The van der Waals surface area contributed by atoms with Crippen LogP contribution in [0.1, 0.15) is 67.6 Å². The third kappa shape index (κ3) is 3.63. The molecule has 2 aliphatic rings. The molecule has 0 fully saturated rings. The van der Waals surface area contributed by atoms with Crippen molar-refractivity contribution < 1.29 is 0 Å². The highest BCUT2D eigenvalue weighted by Crippen LogP contribution is 2.43. The highest BCUT2D eigenvalue weighted by atomic mass is 32.1. The summed E-state index contributed by atoms with van der Waals surface area (Å²) in [4.78, 5) is 10.9. The summed E-state index contributed by atoms with van der Waals surface area (Å²) in [6, 6.07) is 6.60. The number of hydrogen-bond acceptors (Lipinski definition) is 2. The molecule has 30 heavy (non-hydrogen) atoms. The molecule has 1 atom stereocenters. The number of nitrogens with one attached hydrogen (secondary N) is 2. The number of hydrogen-bond donors (Lipinski definition) is 2. The Labute approximate surface area is 186 Å². The number of aromatic amines is 2. The quantitative estimate of drug-likeness (QED) is 0.326. The van der Waals surface area contributed by atoms with E-state index >= 15 is 0 Å². The molecule has 0 amide bonds. The average molecular weight is 433 g/mol. The fourth-order valence-corrected chi connectivity index (χ4v) is 7.10. The second-order valence-electron chi connectivity index (χ2n) is 8.21. The molecule has 0 spiro atoms. The van der Waals surface area contributed by atoms with Crippen LogP contribution in [0.5, 0.6) is 0 Å². The van der Waals surface area contributed by atoms with E-state index in [9.17, 15) is 0 Å². The molecule has 4 heteroatoms. The van der Waals surface area contributed by atoms with Gasteiger partial charge in [-0.3, -0.25) is 0 Å². The van der Waals surface area contributed by atoms with Crippen LogP contribution in [0.25, 0.3) is 5.57 Å². The number of H-pyrrole nitrogens is 2. The summed E-state index contributed by atoms with van der Waals surface area (Å²) in [7, 11) is 0. The first-order valence-corrected chi connectivity index (χ1v) is 12.5. The Kier molecular flexibility index (Phi) is 5.53. The maximum absolute atomic E-state index is 3.19. The van der Waals surface area contributed by atoms with Crippen LogP contribution in [-0.2, 0) is 12.8 Å². The predicted octanol–water partition coefficient (Wildman–Crippen LogP) is 7.62. The zero-order chi connectivity index (χ0) is 20.5. The summed E-state index contributed by atoms with van der Waals surface area (Å²) in [5, 5.41) is 2.19. The highest BCUT2D eigenvalue weighted by molar-refractivity contribution is 7.12. The number of fused-ring (bicyclic) bond motifs is 2. The maximum Gasteiger partial charge on any atom is 0.0127 e. The molecule has 0 saturated carbocycles. The van der Waals surface area contributed by atoms with E-state index < -0.39 is 0 Å². The minimum Gasteiger partial charge on any atom is -0.367 e. The van der Waals surface area contributed by atoms with E-state index in [1.165, 1.54) is 69.0 Å². The van der Waals surface area contributed by atoms with Gasteiger partial charge in [-0.15, -0.1) is 22.7 Å². The third-order valence-corrected chi connectivity index (χ3v) is 8.45. The first-order chi connectivity index (χ1) is 14.7. The lowest BCUT2D eigenvalue weighted by atomic mass is 9.80. The Bertz CT molecular complexity index is 1140. The van der Waals surface area contributed by atoms with Crippen LogP contribution in [0.3, 0.4) is 0 Å². The van der Waals surface area contributed by atoms with Gasteiger partial charge in [0.1, 0.15) is 0 Å². The summed E-state index contributed by atoms with van der Waals surface area (Å²) in [6.45, 7) is 4.55. The lowest BCUT2D eigenvalue weighted by molar-refractivity contribution is 0.616. The van der Waals surface area contributed by atoms with Gasteiger partial charge in [-0.25, -0.2) is 0 Å². The van der Waals surface area contributed by atoms with Gasteiger partial charge in [-0.2, -0.15) is 0 Å². The smallest absolute Gasteiger partial charge is 0.0127 e. The minimum atomic E-state index is 0.639. The molecule has 2 aliphatic carbocycles. The monoisotopic (exact) mass is 432 g/mol. The summed E-state index contributed by atoms with van der Waals surface area (Å²) < 4.78 is 0. The van der Waals surface area contributed by atoms with Crippen LogP contribution >= 0.6 is 22.7 Å².